The van der Waals surface area contributed by atoms with E-state index < -0.39 is 6.04 Å². The Morgan fingerprint density at radius 1 is 1.08 bits per heavy atom. The van der Waals surface area contributed by atoms with Crippen LogP contribution in [0.2, 0.25) is 0 Å². The molecule has 1 unspecified atom stereocenters. The zero-order chi connectivity index (χ0) is 24.9. The molecule has 3 aromatic rings. The third-order valence-corrected chi connectivity index (χ3v) is 6.65. The number of rotatable bonds is 5. The number of fused-ring (bicyclic) bond motifs is 1. The third kappa shape index (κ3) is 5.67. The number of hydrogen-bond donors (Lipinski definition) is 2. The summed E-state index contributed by atoms with van der Waals surface area (Å²) in [7, 11) is 0. The number of carbonyl (C=O) groups is 2. The van der Waals surface area contributed by atoms with Gasteiger partial charge in [-0.2, -0.15) is 0 Å². The molecule has 0 saturated carbocycles. The zero-order valence-electron chi connectivity index (χ0n) is 20.6. The minimum atomic E-state index is -0.578. The van der Waals surface area contributed by atoms with Gasteiger partial charge in [0, 0.05) is 36.9 Å². The first-order valence-electron chi connectivity index (χ1n) is 12.6. The normalized spacial score (nSPS) is 19.0. The number of aryl methyl sites for hydroxylation is 1. The first-order chi connectivity index (χ1) is 17.5. The summed E-state index contributed by atoms with van der Waals surface area (Å²) in [5.74, 6) is 1.22. The molecule has 0 aliphatic carbocycles. The first kappa shape index (κ1) is 23.8. The van der Waals surface area contributed by atoms with Crippen molar-refractivity contribution in [1.82, 2.24) is 14.8 Å². The number of likely N-dealkylation sites (tertiary alicyclic amines) is 2. The van der Waals surface area contributed by atoms with Gasteiger partial charge in [0.05, 0.1) is 18.4 Å². The van der Waals surface area contributed by atoms with Crippen molar-refractivity contribution in [3.8, 4) is 0 Å². The van der Waals surface area contributed by atoms with Crippen molar-refractivity contribution in [3.63, 3.8) is 0 Å². The quantitative estimate of drug-likeness (QED) is 0.415. The van der Waals surface area contributed by atoms with Gasteiger partial charge in [0.1, 0.15) is 17.4 Å². The maximum Gasteiger partial charge on any atom is 0.247 e. The standard InChI is InChI=1S/C27H32N6O3/c1-19-15-20-16-21(9-10-24(20)36-19)29-27(30-22-7-6-11-28-17-22)31-23-8-2-3-14-33(26(23)35)18-25(34)32-12-4-5-13-32/h6-7,9-11,15-17,23H,2-5,8,12-14,18H2,1H3,(H2,29,30,31). The molecule has 9 nitrogen and oxygen atoms in total. The lowest BCUT2D eigenvalue weighted by Crippen LogP contribution is -2.45. The predicted molar refractivity (Wildman–Crippen MR) is 140 cm³/mol. The Kier molecular flexibility index (Phi) is 7.16. The van der Waals surface area contributed by atoms with E-state index in [2.05, 4.69) is 15.6 Å². The monoisotopic (exact) mass is 488 g/mol. The van der Waals surface area contributed by atoms with Crippen LogP contribution in [0.1, 0.15) is 37.9 Å². The molecule has 9 heteroatoms. The molecule has 2 fully saturated rings. The Balaban J connectivity index is 1.38. The van der Waals surface area contributed by atoms with E-state index in [1.54, 1.807) is 17.3 Å². The van der Waals surface area contributed by atoms with E-state index in [0.29, 0.717) is 18.9 Å². The van der Waals surface area contributed by atoms with Crippen molar-refractivity contribution >= 4 is 40.1 Å². The molecular weight excluding hydrogens is 456 g/mol. The molecule has 188 valence electrons. The smallest absolute Gasteiger partial charge is 0.247 e. The molecule has 1 atom stereocenters. The van der Waals surface area contributed by atoms with Crippen molar-refractivity contribution in [3.05, 3.63) is 54.6 Å². The maximum atomic E-state index is 13.5. The number of pyridine rings is 1. The number of anilines is 2. The number of guanidine groups is 1. The van der Waals surface area contributed by atoms with Crippen LogP contribution in [0.3, 0.4) is 0 Å². The Labute approximate surface area is 210 Å². The molecule has 0 bridgehead atoms. The Bertz CT molecular complexity index is 1250. The van der Waals surface area contributed by atoms with Crippen LogP contribution >= 0.6 is 0 Å². The Morgan fingerprint density at radius 3 is 2.69 bits per heavy atom. The van der Waals surface area contributed by atoms with Crippen LogP contribution < -0.4 is 10.6 Å². The molecule has 2 saturated heterocycles. The molecule has 4 heterocycles. The summed E-state index contributed by atoms with van der Waals surface area (Å²) < 4.78 is 5.69. The highest BCUT2D eigenvalue weighted by atomic mass is 16.3. The van der Waals surface area contributed by atoms with Gasteiger partial charge in [-0.25, -0.2) is 4.99 Å². The van der Waals surface area contributed by atoms with Gasteiger partial charge in [0.2, 0.25) is 17.8 Å². The van der Waals surface area contributed by atoms with Crippen molar-refractivity contribution in [2.75, 3.05) is 36.8 Å². The van der Waals surface area contributed by atoms with E-state index in [9.17, 15) is 9.59 Å². The predicted octanol–water partition coefficient (Wildman–Crippen LogP) is 4.02. The molecule has 0 spiro atoms. The minimum Gasteiger partial charge on any atom is -0.461 e. The van der Waals surface area contributed by atoms with E-state index >= 15 is 0 Å². The van der Waals surface area contributed by atoms with Gasteiger partial charge in [-0.3, -0.25) is 14.6 Å². The highest BCUT2D eigenvalue weighted by Crippen LogP contribution is 2.23. The van der Waals surface area contributed by atoms with Crippen LogP contribution in [-0.4, -0.2) is 64.8 Å². The van der Waals surface area contributed by atoms with Crippen molar-refractivity contribution < 1.29 is 14.0 Å². The van der Waals surface area contributed by atoms with E-state index in [1.165, 1.54) is 0 Å². The molecule has 36 heavy (non-hydrogen) atoms. The van der Waals surface area contributed by atoms with Gasteiger partial charge in [0.25, 0.3) is 0 Å². The SMILES string of the molecule is Cc1cc2cc(NC(=NC3CCCCN(CC(=O)N4CCCC4)C3=O)Nc3cccnc3)ccc2o1. The topological polar surface area (TPSA) is 103 Å². The summed E-state index contributed by atoms with van der Waals surface area (Å²) in [6.07, 6.45) is 7.84. The molecule has 1 aromatic carbocycles. The molecule has 5 rings (SSSR count). The lowest BCUT2D eigenvalue weighted by atomic mass is 10.1. The number of hydrogen-bond acceptors (Lipinski definition) is 5. The summed E-state index contributed by atoms with van der Waals surface area (Å²) in [6, 6.07) is 10.9. The van der Waals surface area contributed by atoms with Gasteiger partial charge in [0.15, 0.2) is 0 Å². The second-order valence-corrected chi connectivity index (χ2v) is 9.44. The van der Waals surface area contributed by atoms with Gasteiger partial charge in [-0.15, -0.1) is 0 Å². The summed E-state index contributed by atoms with van der Waals surface area (Å²) in [5.41, 5.74) is 2.39. The summed E-state index contributed by atoms with van der Waals surface area (Å²) in [6.45, 7) is 4.19. The van der Waals surface area contributed by atoms with Crippen LogP contribution in [0.4, 0.5) is 11.4 Å². The van der Waals surface area contributed by atoms with Crippen molar-refractivity contribution in [2.24, 2.45) is 4.99 Å². The van der Waals surface area contributed by atoms with Gasteiger partial charge in [-0.1, -0.05) is 0 Å². The highest BCUT2D eigenvalue weighted by Gasteiger charge is 2.30. The van der Waals surface area contributed by atoms with E-state index in [4.69, 9.17) is 9.41 Å². The van der Waals surface area contributed by atoms with E-state index in [1.807, 2.05) is 48.2 Å². The number of nitrogens with zero attached hydrogens (tertiary/aromatic N) is 4. The summed E-state index contributed by atoms with van der Waals surface area (Å²) >= 11 is 0. The summed E-state index contributed by atoms with van der Waals surface area (Å²) in [5, 5.41) is 7.60. The molecular formula is C27H32N6O3. The number of furan rings is 1. The second-order valence-electron chi connectivity index (χ2n) is 9.44. The van der Waals surface area contributed by atoms with Crippen LogP contribution in [0.25, 0.3) is 11.0 Å². The van der Waals surface area contributed by atoms with Crippen molar-refractivity contribution in [1.29, 1.82) is 0 Å². The van der Waals surface area contributed by atoms with Crippen LogP contribution in [0, 0.1) is 6.92 Å². The van der Waals surface area contributed by atoms with E-state index in [0.717, 1.165) is 66.9 Å². The number of aliphatic imine (C=N–C) groups is 1. The Morgan fingerprint density at radius 2 is 1.89 bits per heavy atom. The van der Waals surface area contributed by atoms with Crippen LogP contribution in [0.5, 0.6) is 0 Å². The number of benzene rings is 1. The van der Waals surface area contributed by atoms with Crippen molar-refractivity contribution in [2.45, 2.75) is 45.1 Å². The molecule has 2 amide bonds. The Hall–Kier alpha value is -3.88. The molecule has 0 radical (unpaired) electrons. The summed E-state index contributed by atoms with van der Waals surface area (Å²) in [4.78, 5) is 38.8. The van der Waals surface area contributed by atoms with Gasteiger partial charge < -0.3 is 24.9 Å². The van der Waals surface area contributed by atoms with Gasteiger partial charge >= 0.3 is 0 Å². The maximum absolute atomic E-state index is 13.5. The van der Waals surface area contributed by atoms with E-state index in [-0.39, 0.29) is 18.4 Å². The first-order valence-corrected chi connectivity index (χ1v) is 12.6. The minimum absolute atomic E-state index is 0.0287. The molecule has 2 N–H and O–H groups in total. The fourth-order valence-electron chi connectivity index (χ4n) is 4.81. The highest BCUT2D eigenvalue weighted by molar-refractivity contribution is 6.05. The molecule has 2 aliphatic heterocycles. The number of nitrogens with one attached hydrogen (secondary N) is 2. The fourth-order valence-corrected chi connectivity index (χ4v) is 4.81. The average molecular weight is 489 g/mol. The third-order valence-electron chi connectivity index (χ3n) is 6.65. The fraction of sp³-hybridized carbons (Fsp3) is 0.407. The number of aromatic nitrogens is 1. The van der Waals surface area contributed by atoms with Crippen LogP contribution in [-0.2, 0) is 9.59 Å². The second kappa shape index (κ2) is 10.8. The van der Waals surface area contributed by atoms with Crippen LogP contribution in [0.15, 0.2) is 58.2 Å². The molecule has 2 aliphatic rings. The molecule has 2 aromatic heterocycles. The lowest BCUT2D eigenvalue weighted by Gasteiger charge is -2.25. The largest absolute Gasteiger partial charge is 0.461 e. The van der Waals surface area contributed by atoms with Gasteiger partial charge in [-0.05, 0) is 75.4 Å². The average Bonchev–Trinajstić information content (AvgIpc) is 3.50. The lowest BCUT2D eigenvalue weighted by molar-refractivity contribution is -0.140. The number of carbonyl (C=O) groups excluding carboxylic acids is 2. The zero-order valence-corrected chi connectivity index (χ0v) is 20.6. The number of amides is 2.